The molecule has 1 atom stereocenters. The molecule has 0 amide bonds. The summed E-state index contributed by atoms with van der Waals surface area (Å²) in [4.78, 5) is 0. The van der Waals surface area contributed by atoms with E-state index in [9.17, 15) is 8.42 Å². The lowest BCUT2D eigenvalue weighted by atomic mass is 9.97. The van der Waals surface area contributed by atoms with E-state index in [0.717, 1.165) is 17.3 Å². The average Bonchev–Trinajstić information content (AvgIpc) is 2.37. The molecule has 0 fully saturated rings. The van der Waals surface area contributed by atoms with Crippen molar-refractivity contribution >= 4 is 37.4 Å². The van der Waals surface area contributed by atoms with E-state index in [1.807, 2.05) is 12.1 Å². The van der Waals surface area contributed by atoms with Crippen LogP contribution in [0.4, 0.5) is 0 Å². The molecule has 5 heteroatoms. The van der Waals surface area contributed by atoms with Gasteiger partial charge in [-0.15, -0.1) is 11.6 Å². The first-order valence-electron chi connectivity index (χ1n) is 6.47. The zero-order valence-corrected chi connectivity index (χ0v) is 14.3. The Hall–Kier alpha value is -0.0600. The van der Waals surface area contributed by atoms with E-state index in [-0.39, 0.29) is 11.5 Å². The van der Waals surface area contributed by atoms with Crippen molar-refractivity contribution in [2.24, 2.45) is 5.92 Å². The minimum Gasteiger partial charge on any atom is -0.229 e. The minimum absolute atomic E-state index is 0.226. The van der Waals surface area contributed by atoms with E-state index < -0.39 is 9.84 Å². The van der Waals surface area contributed by atoms with Gasteiger partial charge in [-0.25, -0.2) is 8.42 Å². The highest BCUT2D eigenvalue weighted by Gasteiger charge is 2.12. The molecule has 108 valence electrons. The molecule has 0 N–H and O–H groups in total. The van der Waals surface area contributed by atoms with Gasteiger partial charge in [0.15, 0.2) is 0 Å². The fourth-order valence-corrected chi connectivity index (χ4v) is 3.57. The third kappa shape index (κ3) is 6.77. The van der Waals surface area contributed by atoms with Crippen LogP contribution in [0.5, 0.6) is 0 Å². The van der Waals surface area contributed by atoms with Crippen LogP contribution in [-0.4, -0.2) is 25.8 Å². The maximum absolute atomic E-state index is 11.4. The normalized spacial score (nSPS) is 13.4. The number of benzene rings is 1. The number of hydrogen-bond acceptors (Lipinski definition) is 2. The van der Waals surface area contributed by atoms with Crippen molar-refractivity contribution in [3.05, 3.63) is 34.3 Å². The molecule has 0 aromatic heterocycles. The van der Waals surface area contributed by atoms with Crippen molar-refractivity contribution < 1.29 is 8.42 Å². The predicted octanol–water partition coefficient (Wildman–Crippen LogP) is 4.06. The molecule has 1 aromatic carbocycles. The van der Waals surface area contributed by atoms with Crippen molar-refractivity contribution in [1.82, 2.24) is 0 Å². The topological polar surface area (TPSA) is 34.1 Å². The van der Waals surface area contributed by atoms with Crippen molar-refractivity contribution in [2.45, 2.75) is 26.2 Å². The Kier molecular flexibility index (Phi) is 7.40. The second kappa shape index (κ2) is 8.28. The van der Waals surface area contributed by atoms with Gasteiger partial charge in [0, 0.05) is 16.1 Å². The molecule has 0 heterocycles. The maximum Gasteiger partial charge on any atom is 0.150 e. The zero-order chi connectivity index (χ0) is 14.3. The highest BCUT2D eigenvalue weighted by molar-refractivity contribution is 9.10. The summed E-state index contributed by atoms with van der Waals surface area (Å²) in [6.07, 6.45) is 2.45. The largest absolute Gasteiger partial charge is 0.229 e. The Morgan fingerprint density at radius 1 is 1.37 bits per heavy atom. The van der Waals surface area contributed by atoms with Gasteiger partial charge in [-0.3, -0.25) is 0 Å². The molecule has 1 aromatic rings. The number of sulfone groups is 1. The van der Waals surface area contributed by atoms with Gasteiger partial charge in [-0.1, -0.05) is 35.0 Å². The molecule has 0 bridgehead atoms. The summed E-state index contributed by atoms with van der Waals surface area (Å²) < 4.78 is 23.9. The Morgan fingerprint density at radius 2 is 2.11 bits per heavy atom. The summed E-state index contributed by atoms with van der Waals surface area (Å²) in [5.74, 6) is 1.40. The monoisotopic (exact) mass is 366 g/mol. The summed E-state index contributed by atoms with van der Waals surface area (Å²) in [5.41, 5.74) is 1.23. The van der Waals surface area contributed by atoms with Gasteiger partial charge in [-0.2, -0.15) is 0 Å². The first-order chi connectivity index (χ1) is 8.96. The predicted molar refractivity (Wildman–Crippen MR) is 85.6 cm³/mol. The standard InChI is InChI=1S/C14H20BrClO2S/c1-2-19(17,18)8-4-6-13(11-16)9-12-5-3-7-14(15)10-12/h3,5,7,10,13H,2,4,6,8-9,11H2,1H3. The Labute approximate surface area is 129 Å². The van der Waals surface area contributed by atoms with E-state index in [1.54, 1.807) is 6.92 Å². The first-order valence-corrected chi connectivity index (χ1v) is 9.62. The zero-order valence-electron chi connectivity index (χ0n) is 11.1. The van der Waals surface area contributed by atoms with Gasteiger partial charge in [-0.05, 0) is 42.9 Å². The lowest BCUT2D eigenvalue weighted by Crippen LogP contribution is -2.12. The first kappa shape index (κ1) is 17.0. The third-order valence-electron chi connectivity index (χ3n) is 3.14. The maximum atomic E-state index is 11.4. The molecule has 0 aliphatic heterocycles. The number of hydrogen-bond donors (Lipinski definition) is 0. The Morgan fingerprint density at radius 3 is 2.68 bits per heavy atom. The number of rotatable bonds is 8. The molecule has 0 spiro atoms. The van der Waals surface area contributed by atoms with Crippen LogP contribution < -0.4 is 0 Å². The van der Waals surface area contributed by atoms with E-state index in [4.69, 9.17) is 11.6 Å². The highest BCUT2D eigenvalue weighted by Crippen LogP contribution is 2.19. The van der Waals surface area contributed by atoms with E-state index >= 15 is 0 Å². The second-order valence-corrected chi connectivity index (χ2v) is 8.43. The molecule has 19 heavy (non-hydrogen) atoms. The smallest absolute Gasteiger partial charge is 0.150 e. The SMILES string of the molecule is CCS(=O)(=O)CCCC(CCl)Cc1cccc(Br)c1. The van der Waals surface area contributed by atoms with Crippen LogP contribution in [0.25, 0.3) is 0 Å². The molecule has 0 aliphatic rings. The van der Waals surface area contributed by atoms with Crippen LogP contribution in [-0.2, 0) is 16.3 Å². The minimum atomic E-state index is -2.85. The summed E-state index contributed by atoms with van der Waals surface area (Å²) in [6, 6.07) is 8.16. The molecule has 0 saturated heterocycles. The molecule has 1 unspecified atom stereocenters. The van der Waals surface area contributed by atoms with Crippen LogP contribution in [0.2, 0.25) is 0 Å². The van der Waals surface area contributed by atoms with E-state index in [1.165, 1.54) is 5.56 Å². The Bertz CT molecular complexity index is 488. The van der Waals surface area contributed by atoms with Gasteiger partial charge in [0.05, 0.1) is 5.75 Å². The van der Waals surface area contributed by atoms with Gasteiger partial charge in [0.25, 0.3) is 0 Å². The third-order valence-corrected chi connectivity index (χ3v) is 5.86. The average molecular weight is 368 g/mol. The van der Waals surface area contributed by atoms with Crippen LogP contribution in [0.3, 0.4) is 0 Å². The van der Waals surface area contributed by atoms with Crippen LogP contribution in [0.1, 0.15) is 25.3 Å². The molecule has 0 saturated carbocycles. The summed E-state index contributed by atoms with van der Waals surface area (Å²) in [6.45, 7) is 1.69. The van der Waals surface area contributed by atoms with Crippen molar-refractivity contribution in [2.75, 3.05) is 17.4 Å². The van der Waals surface area contributed by atoms with Crippen LogP contribution in [0, 0.1) is 5.92 Å². The van der Waals surface area contributed by atoms with Crippen LogP contribution in [0.15, 0.2) is 28.7 Å². The van der Waals surface area contributed by atoms with Gasteiger partial charge >= 0.3 is 0 Å². The molecule has 0 aliphatic carbocycles. The summed E-state index contributed by atoms with van der Waals surface area (Å²) >= 11 is 9.43. The molecule has 1 rings (SSSR count). The number of halogens is 2. The molecule has 0 radical (unpaired) electrons. The van der Waals surface area contributed by atoms with Crippen molar-refractivity contribution in [3.8, 4) is 0 Å². The lowest BCUT2D eigenvalue weighted by molar-refractivity contribution is 0.523. The van der Waals surface area contributed by atoms with Gasteiger partial charge < -0.3 is 0 Å². The van der Waals surface area contributed by atoms with E-state index in [2.05, 4.69) is 28.1 Å². The molecule has 2 nitrogen and oxygen atoms in total. The molecular weight excluding hydrogens is 348 g/mol. The quantitative estimate of drug-likeness (QED) is 0.649. The van der Waals surface area contributed by atoms with E-state index in [0.29, 0.717) is 18.2 Å². The second-order valence-electron chi connectivity index (χ2n) is 4.73. The van der Waals surface area contributed by atoms with Gasteiger partial charge in [0.2, 0.25) is 0 Å². The summed E-state index contributed by atoms with van der Waals surface area (Å²) in [5, 5.41) is 0. The van der Waals surface area contributed by atoms with Gasteiger partial charge in [0.1, 0.15) is 9.84 Å². The fraction of sp³-hybridized carbons (Fsp3) is 0.571. The highest BCUT2D eigenvalue weighted by atomic mass is 79.9. The molecular formula is C14H20BrClO2S. The van der Waals surface area contributed by atoms with Crippen LogP contribution >= 0.6 is 27.5 Å². The fourth-order valence-electron chi connectivity index (χ4n) is 1.97. The van der Waals surface area contributed by atoms with Crippen molar-refractivity contribution in [3.63, 3.8) is 0 Å². The lowest BCUT2D eigenvalue weighted by Gasteiger charge is -2.14. The number of alkyl halides is 1. The Balaban J connectivity index is 2.46. The van der Waals surface area contributed by atoms with Crippen molar-refractivity contribution in [1.29, 1.82) is 0 Å². The summed E-state index contributed by atoms with van der Waals surface area (Å²) in [7, 11) is -2.85.